The van der Waals surface area contributed by atoms with Crippen molar-refractivity contribution in [3.8, 4) is 0 Å². The van der Waals surface area contributed by atoms with Gasteiger partial charge in [-0.2, -0.15) is 0 Å². The predicted molar refractivity (Wildman–Crippen MR) is 68.0 cm³/mol. The van der Waals surface area contributed by atoms with E-state index in [1.54, 1.807) is 13.8 Å². The molecule has 18 heavy (non-hydrogen) atoms. The van der Waals surface area contributed by atoms with E-state index >= 15 is 0 Å². The monoisotopic (exact) mass is 312 g/mol. The molecule has 1 heterocycles. The van der Waals surface area contributed by atoms with Crippen LogP contribution >= 0.6 is 15.9 Å². The van der Waals surface area contributed by atoms with Gasteiger partial charge in [0.05, 0.1) is 5.56 Å². The lowest BCUT2D eigenvalue weighted by molar-refractivity contribution is 0.102. The van der Waals surface area contributed by atoms with Crippen molar-refractivity contribution in [3.05, 3.63) is 45.5 Å². The molecule has 0 saturated carbocycles. The van der Waals surface area contributed by atoms with Crippen LogP contribution in [-0.4, -0.2) is 11.1 Å². The summed E-state index contributed by atoms with van der Waals surface area (Å²) in [7, 11) is 0. The van der Waals surface area contributed by atoms with Gasteiger partial charge in [-0.3, -0.25) is 4.79 Å². The topological polar surface area (TPSA) is 55.1 Å². The number of aromatic nitrogens is 1. The maximum atomic E-state index is 12.9. The lowest BCUT2D eigenvalue weighted by Crippen LogP contribution is -2.13. The number of halogens is 2. The maximum absolute atomic E-state index is 12.9. The highest BCUT2D eigenvalue weighted by molar-refractivity contribution is 9.10. The summed E-state index contributed by atoms with van der Waals surface area (Å²) >= 11 is 3.15. The lowest BCUT2D eigenvalue weighted by Gasteiger charge is -2.06. The van der Waals surface area contributed by atoms with Crippen molar-refractivity contribution < 1.29 is 13.7 Å². The molecule has 4 nitrogen and oxygen atoms in total. The van der Waals surface area contributed by atoms with Crippen LogP contribution < -0.4 is 5.32 Å². The number of nitrogens with one attached hydrogen (secondary N) is 1. The number of anilines is 1. The Balaban J connectivity index is 2.28. The van der Waals surface area contributed by atoms with Crippen molar-refractivity contribution in [2.45, 2.75) is 13.8 Å². The van der Waals surface area contributed by atoms with Crippen molar-refractivity contribution >= 4 is 27.5 Å². The summed E-state index contributed by atoms with van der Waals surface area (Å²) in [6.45, 7) is 3.43. The minimum absolute atomic E-state index is 0.344. The Hall–Kier alpha value is -1.69. The summed E-state index contributed by atoms with van der Waals surface area (Å²) in [4.78, 5) is 12.0. The zero-order valence-corrected chi connectivity index (χ0v) is 11.3. The standard InChI is InChI=1S/C12H10BrFN2O2/c1-6-11(7(2)18-16-6)15-12(17)9-4-3-8(14)5-10(9)13/h3-5H,1-2H3,(H,15,17). The molecule has 0 bridgehead atoms. The summed E-state index contributed by atoms with van der Waals surface area (Å²) in [5.41, 5.74) is 1.48. The average Bonchev–Trinajstić information content (AvgIpc) is 2.60. The molecule has 6 heteroatoms. The fourth-order valence-electron chi connectivity index (χ4n) is 1.52. The van der Waals surface area contributed by atoms with Crippen LogP contribution in [0.4, 0.5) is 10.1 Å². The first-order valence-corrected chi connectivity index (χ1v) is 5.97. The second-order valence-electron chi connectivity index (χ2n) is 3.78. The van der Waals surface area contributed by atoms with E-state index < -0.39 is 5.82 Å². The van der Waals surface area contributed by atoms with Gasteiger partial charge in [0.1, 0.15) is 17.2 Å². The first-order chi connectivity index (χ1) is 8.49. The Morgan fingerprint density at radius 2 is 2.17 bits per heavy atom. The predicted octanol–water partition coefficient (Wildman–Crippen LogP) is 3.45. The number of carbonyl (C=O) groups excluding carboxylic acids is 1. The van der Waals surface area contributed by atoms with Crippen LogP contribution in [0.2, 0.25) is 0 Å². The molecular formula is C12H10BrFN2O2. The molecule has 94 valence electrons. The zero-order chi connectivity index (χ0) is 13.3. The smallest absolute Gasteiger partial charge is 0.256 e. The second kappa shape index (κ2) is 4.89. The van der Waals surface area contributed by atoms with E-state index in [1.807, 2.05) is 0 Å². The van der Waals surface area contributed by atoms with Gasteiger partial charge in [-0.15, -0.1) is 0 Å². The molecule has 0 fully saturated rings. The maximum Gasteiger partial charge on any atom is 0.256 e. The van der Waals surface area contributed by atoms with Crippen LogP contribution in [0.1, 0.15) is 21.8 Å². The van der Waals surface area contributed by atoms with Crippen molar-refractivity contribution in [2.24, 2.45) is 0 Å². The zero-order valence-electron chi connectivity index (χ0n) is 9.75. The SMILES string of the molecule is Cc1noc(C)c1NC(=O)c1ccc(F)cc1Br. The highest BCUT2D eigenvalue weighted by atomic mass is 79.9. The molecule has 1 aromatic carbocycles. The van der Waals surface area contributed by atoms with Crippen LogP contribution in [0, 0.1) is 19.7 Å². The van der Waals surface area contributed by atoms with Crippen molar-refractivity contribution in [1.29, 1.82) is 0 Å². The number of carbonyl (C=O) groups is 1. The Bertz CT molecular complexity index is 591. The van der Waals surface area contributed by atoms with Crippen molar-refractivity contribution in [3.63, 3.8) is 0 Å². The minimum Gasteiger partial charge on any atom is -0.359 e. The largest absolute Gasteiger partial charge is 0.359 e. The molecule has 1 amide bonds. The van der Waals surface area contributed by atoms with E-state index in [4.69, 9.17) is 4.52 Å². The molecule has 1 aromatic heterocycles. The number of hydrogen-bond donors (Lipinski definition) is 1. The van der Waals surface area contributed by atoms with Crippen LogP contribution in [0.15, 0.2) is 27.2 Å². The van der Waals surface area contributed by atoms with Crippen LogP contribution in [-0.2, 0) is 0 Å². The molecule has 0 spiro atoms. The summed E-state index contributed by atoms with van der Waals surface area (Å²) in [5.74, 6) is -0.230. The third-order valence-electron chi connectivity index (χ3n) is 2.45. The number of benzene rings is 1. The van der Waals surface area contributed by atoms with Gasteiger partial charge in [0.2, 0.25) is 0 Å². The molecule has 0 aliphatic carbocycles. The van der Waals surface area contributed by atoms with Crippen LogP contribution in [0.3, 0.4) is 0 Å². The highest BCUT2D eigenvalue weighted by Gasteiger charge is 2.15. The molecule has 0 saturated heterocycles. The Kier molecular flexibility index (Phi) is 3.47. The number of nitrogens with zero attached hydrogens (tertiary/aromatic N) is 1. The fraction of sp³-hybridized carbons (Fsp3) is 0.167. The number of amides is 1. The Labute approximate surface area is 111 Å². The van der Waals surface area contributed by atoms with E-state index in [-0.39, 0.29) is 5.91 Å². The van der Waals surface area contributed by atoms with E-state index in [2.05, 4.69) is 26.4 Å². The van der Waals surface area contributed by atoms with Gasteiger partial charge in [0.25, 0.3) is 5.91 Å². The van der Waals surface area contributed by atoms with Gasteiger partial charge in [-0.25, -0.2) is 4.39 Å². The first kappa shape index (κ1) is 12.8. The van der Waals surface area contributed by atoms with Gasteiger partial charge < -0.3 is 9.84 Å². The number of aryl methyl sites for hydroxylation is 2. The number of hydrogen-bond acceptors (Lipinski definition) is 3. The van der Waals surface area contributed by atoms with Crippen molar-refractivity contribution in [1.82, 2.24) is 5.16 Å². The molecule has 0 atom stereocenters. The Morgan fingerprint density at radius 1 is 1.44 bits per heavy atom. The molecule has 1 N–H and O–H groups in total. The highest BCUT2D eigenvalue weighted by Crippen LogP contribution is 2.22. The van der Waals surface area contributed by atoms with E-state index in [1.165, 1.54) is 18.2 Å². The molecular weight excluding hydrogens is 303 g/mol. The van der Waals surface area contributed by atoms with Gasteiger partial charge in [0.15, 0.2) is 5.76 Å². The normalized spacial score (nSPS) is 10.4. The molecule has 0 aliphatic heterocycles. The molecule has 0 unspecified atom stereocenters. The van der Waals surface area contributed by atoms with E-state index in [0.29, 0.717) is 27.2 Å². The molecule has 2 aromatic rings. The summed E-state index contributed by atoms with van der Waals surface area (Å²) < 4.78 is 18.3. The summed E-state index contributed by atoms with van der Waals surface area (Å²) in [5, 5.41) is 6.43. The van der Waals surface area contributed by atoms with Gasteiger partial charge >= 0.3 is 0 Å². The van der Waals surface area contributed by atoms with Crippen LogP contribution in [0.5, 0.6) is 0 Å². The average molecular weight is 313 g/mol. The van der Waals surface area contributed by atoms with Crippen LogP contribution in [0.25, 0.3) is 0 Å². The molecule has 0 radical (unpaired) electrons. The second-order valence-corrected chi connectivity index (χ2v) is 4.63. The Morgan fingerprint density at radius 3 is 2.72 bits per heavy atom. The fourth-order valence-corrected chi connectivity index (χ4v) is 2.05. The summed E-state index contributed by atoms with van der Waals surface area (Å²) in [6.07, 6.45) is 0. The van der Waals surface area contributed by atoms with Gasteiger partial charge in [-0.05, 0) is 48.0 Å². The quantitative estimate of drug-likeness (QED) is 0.924. The summed E-state index contributed by atoms with van der Waals surface area (Å²) in [6, 6.07) is 3.88. The lowest BCUT2D eigenvalue weighted by atomic mass is 10.2. The third-order valence-corrected chi connectivity index (χ3v) is 3.10. The number of rotatable bonds is 2. The van der Waals surface area contributed by atoms with E-state index in [9.17, 15) is 9.18 Å². The van der Waals surface area contributed by atoms with E-state index in [0.717, 1.165) is 0 Å². The van der Waals surface area contributed by atoms with Gasteiger partial charge in [-0.1, -0.05) is 5.16 Å². The minimum atomic E-state index is -0.407. The first-order valence-electron chi connectivity index (χ1n) is 5.18. The van der Waals surface area contributed by atoms with Gasteiger partial charge in [0, 0.05) is 4.47 Å². The van der Waals surface area contributed by atoms with Crippen molar-refractivity contribution in [2.75, 3.05) is 5.32 Å². The molecule has 0 aliphatic rings. The third kappa shape index (κ3) is 2.43. The molecule has 2 rings (SSSR count).